The average molecular weight is 292 g/mol. The van der Waals surface area contributed by atoms with Gasteiger partial charge in [0.25, 0.3) is 0 Å². The number of benzene rings is 1. The Kier molecular flexibility index (Phi) is 3.37. The molecule has 1 aliphatic rings. The molecule has 21 heavy (non-hydrogen) atoms. The number of aromatic nitrogens is 1. The smallest absolute Gasteiger partial charge is 0.416 e. The Morgan fingerprint density at radius 2 is 1.81 bits per heavy atom. The lowest BCUT2D eigenvalue weighted by Gasteiger charge is -2.13. The molecule has 1 aromatic heterocycles. The van der Waals surface area contributed by atoms with Gasteiger partial charge in [-0.25, -0.2) is 4.99 Å². The van der Waals surface area contributed by atoms with E-state index in [9.17, 15) is 13.2 Å². The summed E-state index contributed by atoms with van der Waals surface area (Å²) in [5.41, 5.74) is 0.611. The van der Waals surface area contributed by atoms with Crippen molar-refractivity contribution in [3.8, 4) is 0 Å². The first-order valence-corrected chi connectivity index (χ1v) is 6.34. The number of ether oxygens (including phenoxy) is 1. The van der Waals surface area contributed by atoms with E-state index in [-0.39, 0.29) is 6.10 Å². The van der Waals surface area contributed by atoms with Crippen molar-refractivity contribution in [2.75, 3.05) is 6.54 Å². The summed E-state index contributed by atoms with van der Waals surface area (Å²) in [7, 11) is 0. The molecule has 0 radical (unpaired) electrons. The van der Waals surface area contributed by atoms with Crippen LogP contribution in [0.3, 0.4) is 0 Å². The van der Waals surface area contributed by atoms with Gasteiger partial charge in [0.05, 0.1) is 12.1 Å². The Hall–Kier alpha value is -2.37. The molecule has 0 bridgehead atoms. The van der Waals surface area contributed by atoms with Crippen LogP contribution in [-0.2, 0) is 10.9 Å². The lowest BCUT2D eigenvalue weighted by molar-refractivity contribution is -0.137. The van der Waals surface area contributed by atoms with Crippen LogP contribution in [0.5, 0.6) is 0 Å². The number of halogens is 3. The molecule has 3 rings (SSSR count). The van der Waals surface area contributed by atoms with Crippen LogP contribution >= 0.6 is 0 Å². The normalized spacial score (nSPS) is 18.2. The summed E-state index contributed by atoms with van der Waals surface area (Å²) in [6, 6.07) is 10.3. The van der Waals surface area contributed by atoms with Crippen LogP contribution in [-0.4, -0.2) is 17.4 Å². The third-order valence-electron chi connectivity index (χ3n) is 3.15. The second-order valence-corrected chi connectivity index (χ2v) is 4.59. The predicted octanol–water partition coefficient (Wildman–Crippen LogP) is 3.62. The van der Waals surface area contributed by atoms with Crippen molar-refractivity contribution in [1.82, 2.24) is 4.98 Å². The SMILES string of the molecule is FC(F)(F)c1ccc(C2CN=C(c3ccccn3)O2)cc1. The van der Waals surface area contributed by atoms with E-state index in [2.05, 4.69) is 9.98 Å². The maximum Gasteiger partial charge on any atom is 0.416 e. The Labute approximate surface area is 119 Å². The van der Waals surface area contributed by atoms with Crippen LogP contribution in [0.1, 0.15) is 22.9 Å². The molecule has 0 fully saturated rings. The quantitative estimate of drug-likeness (QED) is 0.847. The van der Waals surface area contributed by atoms with Crippen LogP contribution in [0.4, 0.5) is 13.2 Å². The Balaban J connectivity index is 1.73. The molecule has 0 aliphatic carbocycles. The summed E-state index contributed by atoms with van der Waals surface area (Å²) in [5.74, 6) is 0.417. The fourth-order valence-electron chi connectivity index (χ4n) is 2.07. The summed E-state index contributed by atoms with van der Waals surface area (Å²) in [6.07, 6.45) is -3.07. The van der Waals surface area contributed by atoms with Crippen LogP contribution in [0.15, 0.2) is 53.7 Å². The van der Waals surface area contributed by atoms with Crippen LogP contribution < -0.4 is 0 Å². The molecule has 1 aliphatic heterocycles. The van der Waals surface area contributed by atoms with Gasteiger partial charge in [0.2, 0.25) is 5.90 Å². The summed E-state index contributed by atoms with van der Waals surface area (Å²) in [5, 5.41) is 0. The Morgan fingerprint density at radius 1 is 1.05 bits per heavy atom. The van der Waals surface area contributed by atoms with Crippen molar-refractivity contribution in [3.05, 3.63) is 65.5 Å². The molecule has 0 saturated heterocycles. The molecule has 0 N–H and O–H groups in total. The fourth-order valence-corrected chi connectivity index (χ4v) is 2.07. The molecule has 2 aromatic rings. The number of aliphatic imine (C=N–C) groups is 1. The van der Waals surface area contributed by atoms with Gasteiger partial charge in [-0.05, 0) is 29.8 Å². The topological polar surface area (TPSA) is 34.5 Å². The molecular weight excluding hydrogens is 281 g/mol. The lowest BCUT2D eigenvalue weighted by Crippen LogP contribution is -2.09. The molecule has 6 heteroatoms. The standard InChI is InChI=1S/C15H11F3N2O/c16-15(17,18)11-6-4-10(5-7-11)13-9-20-14(21-13)12-3-1-2-8-19-12/h1-8,13H,9H2. The van der Waals surface area contributed by atoms with Gasteiger partial charge in [0, 0.05) is 6.20 Å². The average Bonchev–Trinajstić information content (AvgIpc) is 2.97. The number of hydrogen-bond acceptors (Lipinski definition) is 3. The second-order valence-electron chi connectivity index (χ2n) is 4.59. The highest BCUT2D eigenvalue weighted by atomic mass is 19.4. The summed E-state index contributed by atoms with van der Waals surface area (Å²) >= 11 is 0. The van der Waals surface area contributed by atoms with Crippen molar-refractivity contribution in [2.24, 2.45) is 4.99 Å². The summed E-state index contributed by atoms with van der Waals surface area (Å²) < 4.78 is 43.2. The van der Waals surface area contributed by atoms with Crippen molar-refractivity contribution >= 4 is 5.90 Å². The summed E-state index contributed by atoms with van der Waals surface area (Å²) in [4.78, 5) is 8.38. The maximum absolute atomic E-state index is 12.5. The van der Waals surface area contributed by atoms with Crippen molar-refractivity contribution in [1.29, 1.82) is 0 Å². The molecule has 108 valence electrons. The highest BCUT2D eigenvalue weighted by Gasteiger charge is 2.31. The van der Waals surface area contributed by atoms with E-state index >= 15 is 0 Å². The third-order valence-corrected chi connectivity index (χ3v) is 3.15. The minimum Gasteiger partial charge on any atom is -0.466 e. The molecule has 1 unspecified atom stereocenters. The van der Waals surface area contributed by atoms with E-state index in [0.29, 0.717) is 23.7 Å². The monoisotopic (exact) mass is 292 g/mol. The van der Waals surface area contributed by atoms with Gasteiger partial charge in [-0.2, -0.15) is 13.2 Å². The Bertz CT molecular complexity index is 651. The van der Waals surface area contributed by atoms with E-state index in [4.69, 9.17) is 4.74 Å². The fraction of sp³-hybridized carbons (Fsp3) is 0.200. The third kappa shape index (κ3) is 2.89. The van der Waals surface area contributed by atoms with Crippen molar-refractivity contribution in [3.63, 3.8) is 0 Å². The molecule has 0 spiro atoms. The predicted molar refractivity (Wildman–Crippen MR) is 70.9 cm³/mol. The highest BCUT2D eigenvalue weighted by molar-refractivity contribution is 5.93. The summed E-state index contributed by atoms with van der Waals surface area (Å²) in [6.45, 7) is 0.372. The second kappa shape index (κ2) is 5.20. The molecule has 1 aromatic carbocycles. The van der Waals surface area contributed by atoms with Gasteiger partial charge in [-0.15, -0.1) is 0 Å². The van der Waals surface area contributed by atoms with Gasteiger partial charge in [0.15, 0.2) is 0 Å². The molecule has 1 atom stereocenters. The van der Waals surface area contributed by atoms with Gasteiger partial charge >= 0.3 is 6.18 Å². The largest absolute Gasteiger partial charge is 0.466 e. The van der Waals surface area contributed by atoms with Crippen molar-refractivity contribution in [2.45, 2.75) is 12.3 Å². The maximum atomic E-state index is 12.5. The number of hydrogen-bond donors (Lipinski definition) is 0. The molecule has 2 heterocycles. The highest BCUT2D eigenvalue weighted by Crippen LogP contribution is 2.31. The molecule has 0 saturated carbocycles. The van der Waals surface area contributed by atoms with Gasteiger partial charge in [-0.3, -0.25) is 4.98 Å². The van der Waals surface area contributed by atoms with E-state index in [1.165, 1.54) is 12.1 Å². The van der Waals surface area contributed by atoms with Crippen molar-refractivity contribution < 1.29 is 17.9 Å². The Morgan fingerprint density at radius 3 is 2.43 bits per heavy atom. The van der Waals surface area contributed by atoms with E-state index in [1.807, 2.05) is 6.07 Å². The first-order chi connectivity index (χ1) is 10.0. The van der Waals surface area contributed by atoms with Gasteiger partial charge in [-0.1, -0.05) is 18.2 Å². The van der Waals surface area contributed by atoms with Crippen LogP contribution in [0.25, 0.3) is 0 Å². The van der Waals surface area contributed by atoms with Crippen LogP contribution in [0, 0.1) is 0 Å². The van der Waals surface area contributed by atoms with E-state index in [0.717, 1.165) is 12.1 Å². The molecular formula is C15H11F3N2O. The van der Waals surface area contributed by atoms with Crippen LogP contribution in [0.2, 0.25) is 0 Å². The first kappa shape index (κ1) is 13.6. The van der Waals surface area contributed by atoms with E-state index in [1.54, 1.807) is 18.3 Å². The zero-order valence-electron chi connectivity index (χ0n) is 10.8. The minimum absolute atomic E-state index is 0.371. The first-order valence-electron chi connectivity index (χ1n) is 6.34. The zero-order chi connectivity index (χ0) is 14.9. The molecule has 0 amide bonds. The van der Waals surface area contributed by atoms with E-state index < -0.39 is 11.7 Å². The number of alkyl halides is 3. The lowest BCUT2D eigenvalue weighted by atomic mass is 10.1. The zero-order valence-corrected chi connectivity index (χ0v) is 10.8. The minimum atomic E-state index is -4.33. The van der Waals surface area contributed by atoms with Gasteiger partial charge < -0.3 is 4.74 Å². The van der Waals surface area contributed by atoms with Gasteiger partial charge in [0.1, 0.15) is 11.8 Å². The number of nitrogens with zero attached hydrogens (tertiary/aromatic N) is 2. The number of rotatable bonds is 2. The number of pyridine rings is 1. The molecule has 3 nitrogen and oxygen atoms in total.